The fourth-order valence-electron chi connectivity index (χ4n) is 1.66. The predicted octanol–water partition coefficient (Wildman–Crippen LogP) is 4.75. The van der Waals surface area contributed by atoms with Crippen molar-refractivity contribution in [2.75, 3.05) is 7.05 Å². The van der Waals surface area contributed by atoms with Crippen LogP contribution in [-0.4, -0.2) is 7.05 Å². The number of nitrogens with one attached hydrogen (secondary N) is 1. The van der Waals surface area contributed by atoms with E-state index in [-0.39, 0.29) is 5.75 Å². The molecule has 5 heteroatoms. The molecule has 19 heavy (non-hydrogen) atoms. The third-order valence-corrected chi connectivity index (χ3v) is 3.31. The predicted molar refractivity (Wildman–Crippen MR) is 78.4 cm³/mol. The zero-order valence-electron chi connectivity index (χ0n) is 10.2. The minimum absolute atomic E-state index is 0.139. The molecule has 0 spiro atoms. The van der Waals surface area contributed by atoms with Crippen LogP contribution in [0.3, 0.4) is 0 Å². The Bertz CT molecular complexity index is 592. The van der Waals surface area contributed by atoms with Crippen molar-refractivity contribution in [1.29, 1.82) is 0 Å². The molecule has 0 amide bonds. The van der Waals surface area contributed by atoms with Crippen LogP contribution in [0.4, 0.5) is 4.39 Å². The second-order valence-corrected chi connectivity index (χ2v) is 5.26. The zero-order valence-corrected chi connectivity index (χ0v) is 12.6. The number of ether oxygens (including phenoxy) is 1. The van der Waals surface area contributed by atoms with Crippen molar-refractivity contribution >= 4 is 27.5 Å². The monoisotopic (exact) mass is 343 g/mol. The van der Waals surface area contributed by atoms with E-state index in [1.54, 1.807) is 18.2 Å². The third kappa shape index (κ3) is 3.47. The molecule has 0 atom stereocenters. The molecule has 2 nitrogen and oxygen atoms in total. The van der Waals surface area contributed by atoms with Gasteiger partial charge in [0, 0.05) is 16.6 Å². The highest BCUT2D eigenvalue weighted by Gasteiger charge is 2.12. The zero-order chi connectivity index (χ0) is 13.8. The molecular weight excluding hydrogens is 333 g/mol. The van der Waals surface area contributed by atoms with E-state index in [0.717, 1.165) is 10.0 Å². The first kappa shape index (κ1) is 14.3. The Kier molecular flexibility index (Phi) is 4.80. The van der Waals surface area contributed by atoms with E-state index >= 15 is 0 Å². The average molecular weight is 345 g/mol. The lowest BCUT2D eigenvalue weighted by Gasteiger charge is -2.13. The quantitative estimate of drug-likeness (QED) is 0.864. The van der Waals surface area contributed by atoms with Gasteiger partial charge in [0.2, 0.25) is 0 Å². The molecule has 0 unspecified atom stereocenters. The standard InChI is InChI=1S/C14H12BrClFNO/c1-18-8-9-3-2-4-11(16)14(9)19-13-7-10(15)5-6-12(13)17/h2-7,18H,8H2,1H3. The number of para-hydroxylation sites is 1. The van der Waals surface area contributed by atoms with Crippen LogP contribution in [-0.2, 0) is 6.54 Å². The maximum Gasteiger partial charge on any atom is 0.165 e. The number of hydrogen-bond acceptors (Lipinski definition) is 2. The summed E-state index contributed by atoms with van der Waals surface area (Å²) in [5.74, 6) is 0.175. The van der Waals surface area contributed by atoms with Gasteiger partial charge in [0.05, 0.1) is 5.02 Å². The highest BCUT2D eigenvalue weighted by atomic mass is 79.9. The lowest BCUT2D eigenvalue weighted by Crippen LogP contribution is -2.06. The summed E-state index contributed by atoms with van der Waals surface area (Å²) in [6, 6.07) is 9.96. The van der Waals surface area contributed by atoms with Gasteiger partial charge in [-0.05, 0) is 31.3 Å². The molecule has 0 aromatic heterocycles. The van der Waals surface area contributed by atoms with Gasteiger partial charge in [-0.25, -0.2) is 4.39 Å². The van der Waals surface area contributed by atoms with Crippen LogP contribution in [0.15, 0.2) is 40.9 Å². The largest absolute Gasteiger partial charge is 0.452 e. The first-order chi connectivity index (χ1) is 9.11. The van der Waals surface area contributed by atoms with Crippen molar-refractivity contribution in [3.63, 3.8) is 0 Å². The topological polar surface area (TPSA) is 21.3 Å². The van der Waals surface area contributed by atoms with Crippen LogP contribution >= 0.6 is 27.5 Å². The van der Waals surface area contributed by atoms with Crippen molar-refractivity contribution in [1.82, 2.24) is 5.32 Å². The highest BCUT2D eigenvalue weighted by molar-refractivity contribution is 9.10. The summed E-state index contributed by atoms with van der Waals surface area (Å²) in [4.78, 5) is 0. The first-order valence-electron chi connectivity index (χ1n) is 5.66. The van der Waals surface area contributed by atoms with Crippen LogP contribution < -0.4 is 10.1 Å². The molecule has 2 aromatic carbocycles. The molecule has 1 N–H and O–H groups in total. The lowest BCUT2D eigenvalue weighted by molar-refractivity contribution is 0.436. The summed E-state index contributed by atoms with van der Waals surface area (Å²) in [6.45, 7) is 0.589. The van der Waals surface area contributed by atoms with Gasteiger partial charge in [-0.2, -0.15) is 0 Å². The molecule has 0 aliphatic heterocycles. The Hall–Kier alpha value is -1.10. The van der Waals surface area contributed by atoms with Crippen molar-refractivity contribution in [3.8, 4) is 11.5 Å². The SMILES string of the molecule is CNCc1cccc(Cl)c1Oc1cc(Br)ccc1F. The molecule has 2 aromatic rings. The Morgan fingerprint density at radius 2 is 2.11 bits per heavy atom. The maximum atomic E-state index is 13.7. The smallest absolute Gasteiger partial charge is 0.165 e. The van der Waals surface area contributed by atoms with Crippen molar-refractivity contribution in [2.45, 2.75) is 6.54 Å². The van der Waals surface area contributed by atoms with Crippen LogP contribution in [0.2, 0.25) is 5.02 Å². The molecule has 0 saturated heterocycles. The first-order valence-corrected chi connectivity index (χ1v) is 6.84. The van der Waals surface area contributed by atoms with Crippen LogP contribution in [0.1, 0.15) is 5.56 Å². The Morgan fingerprint density at radius 3 is 2.84 bits per heavy atom. The van der Waals surface area contributed by atoms with E-state index in [1.165, 1.54) is 6.07 Å². The van der Waals surface area contributed by atoms with Gasteiger partial charge in [-0.15, -0.1) is 0 Å². The molecule has 0 bridgehead atoms. The van der Waals surface area contributed by atoms with Crippen molar-refractivity contribution < 1.29 is 9.13 Å². The van der Waals surface area contributed by atoms with Crippen LogP contribution in [0.25, 0.3) is 0 Å². The summed E-state index contributed by atoms with van der Waals surface area (Å²) in [5, 5.41) is 3.47. The van der Waals surface area contributed by atoms with Crippen molar-refractivity contribution in [2.24, 2.45) is 0 Å². The van der Waals surface area contributed by atoms with E-state index in [2.05, 4.69) is 21.2 Å². The molecule has 0 aliphatic carbocycles. The van der Waals surface area contributed by atoms with E-state index < -0.39 is 5.82 Å². The summed E-state index contributed by atoms with van der Waals surface area (Å²) < 4.78 is 20.1. The highest BCUT2D eigenvalue weighted by Crippen LogP contribution is 2.35. The minimum Gasteiger partial charge on any atom is -0.452 e. The van der Waals surface area contributed by atoms with Gasteiger partial charge in [0.15, 0.2) is 17.3 Å². The van der Waals surface area contributed by atoms with Gasteiger partial charge in [-0.3, -0.25) is 0 Å². The summed E-state index contributed by atoms with van der Waals surface area (Å²) in [7, 11) is 1.82. The number of hydrogen-bond donors (Lipinski definition) is 1. The van der Waals surface area contributed by atoms with Gasteiger partial charge in [0.25, 0.3) is 0 Å². The van der Waals surface area contributed by atoms with Gasteiger partial charge < -0.3 is 10.1 Å². The Balaban J connectivity index is 2.39. The summed E-state index contributed by atoms with van der Waals surface area (Å²) in [6.07, 6.45) is 0. The fraction of sp³-hybridized carbons (Fsp3) is 0.143. The summed E-state index contributed by atoms with van der Waals surface area (Å²) >= 11 is 9.41. The van der Waals surface area contributed by atoms with Crippen LogP contribution in [0, 0.1) is 5.82 Å². The summed E-state index contributed by atoms with van der Waals surface area (Å²) in [5.41, 5.74) is 0.870. The molecule has 2 rings (SSSR count). The van der Waals surface area contributed by atoms with Gasteiger partial charge in [-0.1, -0.05) is 39.7 Å². The number of rotatable bonds is 4. The molecule has 0 fully saturated rings. The molecule has 100 valence electrons. The molecule has 0 saturated carbocycles. The Labute approximate surface area is 124 Å². The third-order valence-electron chi connectivity index (χ3n) is 2.52. The second kappa shape index (κ2) is 6.37. The fourth-order valence-corrected chi connectivity index (χ4v) is 2.24. The van der Waals surface area contributed by atoms with Gasteiger partial charge in [0.1, 0.15) is 0 Å². The van der Waals surface area contributed by atoms with E-state index in [9.17, 15) is 4.39 Å². The molecular formula is C14H12BrClFNO. The minimum atomic E-state index is -0.432. The van der Waals surface area contributed by atoms with Crippen LogP contribution in [0.5, 0.6) is 11.5 Å². The van der Waals surface area contributed by atoms with E-state index in [4.69, 9.17) is 16.3 Å². The van der Waals surface area contributed by atoms with Crippen molar-refractivity contribution in [3.05, 3.63) is 57.3 Å². The lowest BCUT2D eigenvalue weighted by atomic mass is 10.2. The van der Waals surface area contributed by atoms with E-state index in [1.807, 2.05) is 19.2 Å². The second-order valence-electron chi connectivity index (χ2n) is 3.94. The molecule has 0 radical (unpaired) electrons. The number of halogens is 3. The van der Waals surface area contributed by atoms with E-state index in [0.29, 0.717) is 17.3 Å². The molecule has 0 heterocycles. The normalized spacial score (nSPS) is 10.5. The number of benzene rings is 2. The maximum absolute atomic E-state index is 13.7. The average Bonchev–Trinajstić information content (AvgIpc) is 2.38. The van der Waals surface area contributed by atoms with Gasteiger partial charge >= 0.3 is 0 Å². The Morgan fingerprint density at radius 1 is 1.32 bits per heavy atom. The molecule has 0 aliphatic rings.